The topological polar surface area (TPSA) is 90.2 Å². The first-order chi connectivity index (χ1) is 34.5. The van der Waals surface area contributed by atoms with Crippen LogP contribution < -0.4 is 0 Å². The Bertz CT molecular complexity index is 3490. The van der Waals surface area contributed by atoms with Gasteiger partial charge in [-0.3, -0.25) is 9.97 Å². The molecule has 72 heavy (non-hydrogen) atoms. The summed E-state index contributed by atoms with van der Waals surface area (Å²) in [7, 11) is 0. The molecule has 6 aromatic heterocycles. The Kier molecular flexibility index (Phi) is 18.9. The van der Waals surface area contributed by atoms with Gasteiger partial charge in [0.25, 0.3) is 0 Å². The summed E-state index contributed by atoms with van der Waals surface area (Å²) in [6.45, 7) is 3.98. The number of aromatic nitrogens is 7. The molecule has 2 radical (unpaired) electrons. The van der Waals surface area contributed by atoms with Gasteiger partial charge in [0.1, 0.15) is 0 Å². The van der Waals surface area contributed by atoms with Crippen LogP contribution in [0, 0.1) is 38.1 Å². The molecule has 0 N–H and O–H groups in total. The Balaban J connectivity index is 0.000000144. The van der Waals surface area contributed by atoms with Crippen LogP contribution in [-0.2, 0) is 40.2 Å². The van der Waals surface area contributed by atoms with Gasteiger partial charge in [0.15, 0.2) is 0 Å². The molecule has 12 rings (SSSR count). The molecule has 0 atom stereocenters. The number of hydrogen-bond acceptors (Lipinski definition) is 7. The molecule has 0 spiro atoms. The van der Waals surface area contributed by atoms with Crippen molar-refractivity contribution in [3.05, 3.63) is 273 Å². The summed E-state index contributed by atoms with van der Waals surface area (Å²) in [6, 6.07) is 82.4. The Morgan fingerprint density at radius 2 is 0.792 bits per heavy atom. The zero-order valence-electron chi connectivity index (χ0n) is 39.3. The van der Waals surface area contributed by atoms with Crippen molar-refractivity contribution >= 4 is 21.8 Å². The average Bonchev–Trinajstić information content (AvgIpc) is 3.44. The summed E-state index contributed by atoms with van der Waals surface area (Å²) >= 11 is 0. The van der Waals surface area contributed by atoms with Crippen LogP contribution in [0.5, 0.6) is 0 Å². The van der Waals surface area contributed by atoms with E-state index in [1.165, 1.54) is 5.39 Å². The Labute approximate surface area is 448 Å². The monoisotopic (exact) mass is 1290 g/mol. The first-order valence-corrected chi connectivity index (χ1v) is 22.8. The molecule has 6 aromatic carbocycles. The van der Waals surface area contributed by atoms with Crippen molar-refractivity contribution in [2.75, 3.05) is 0 Å². The van der Waals surface area contributed by atoms with Crippen molar-refractivity contribution in [3.63, 3.8) is 0 Å². The van der Waals surface area contributed by atoms with Gasteiger partial charge in [-0.05, 0) is 95.6 Å². The summed E-state index contributed by atoms with van der Waals surface area (Å²) < 4.78 is 0. The van der Waals surface area contributed by atoms with Gasteiger partial charge in [-0.25, -0.2) is 4.98 Å². The first kappa shape index (κ1) is 51.8. The second-order valence-corrected chi connectivity index (χ2v) is 15.9. The predicted molar refractivity (Wildman–Crippen MR) is 283 cm³/mol. The number of fused-ring (bicyclic) bond motifs is 2. The molecule has 0 aliphatic heterocycles. The Morgan fingerprint density at radius 3 is 1.32 bits per heavy atom. The maximum atomic E-state index is 4.68. The van der Waals surface area contributed by atoms with Crippen molar-refractivity contribution in [1.29, 1.82) is 0 Å². The smallest absolute Gasteiger partial charge is 0.0894 e. The van der Waals surface area contributed by atoms with Gasteiger partial charge in [0.05, 0.1) is 28.6 Å². The molecular formula is C63H45Ir2N7-4. The molecule has 9 heteroatoms. The number of pyridine rings is 5. The van der Waals surface area contributed by atoms with Gasteiger partial charge >= 0.3 is 0 Å². The molecule has 6 heterocycles. The van der Waals surface area contributed by atoms with Crippen molar-refractivity contribution in [3.8, 4) is 67.5 Å². The standard InChI is InChI=1S/C20H13N2.C19H12N3.2C12H10N.2Ir/c1-2-7-16(8-3-1)19-14-17(11-12-21-19)20-18-9-5-4-6-15(18)10-13-22-20;1-2-6-14(7-3-1)18-12-15(10-11-20-18)19-13-21-16-8-4-5-9-17(16)22-19;2*1-10-6-5-9-12(13-10)11-7-3-2-4-8-11;;/h1-7,9-14H;1-6,8-13H;2*2-7,9H,1H3;;/q4*-1;;. The number of nitrogens with zero attached hydrogens (tertiary/aromatic N) is 7. The minimum Gasteiger partial charge on any atom is -0.305 e. The quantitative estimate of drug-likeness (QED) is 0.153. The molecular weight excluding hydrogens is 1240 g/mol. The van der Waals surface area contributed by atoms with Gasteiger partial charge in [0.2, 0.25) is 0 Å². The molecule has 0 bridgehead atoms. The summed E-state index contributed by atoms with van der Waals surface area (Å²) in [5.41, 5.74) is 15.6. The maximum Gasteiger partial charge on any atom is 0.0894 e. The molecule has 354 valence electrons. The molecule has 7 nitrogen and oxygen atoms in total. The third kappa shape index (κ3) is 13.8. The van der Waals surface area contributed by atoms with E-state index < -0.39 is 0 Å². The van der Waals surface area contributed by atoms with Crippen LogP contribution in [0.15, 0.2) is 237 Å². The molecule has 0 unspecified atom stereocenters. The van der Waals surface area contributed by atoms with E-state index in [4.69, 9.17) is 0 Å². The Morgan fingerprint density at radius 1 is 0.333 bits per heavy atom. The summed E-state index contributed by atoms with van der Waals surface area (Å²) in [6.07, 6.45) is 7.28. The Hall–Kier alpha value is -8.03. The van der Waals surface area contributed by atoms with E-state index in [-0.39, 0.29) is 40.2 Å². The minimum atomic E-state index is 0. The molecule has 0 fully saturated rings. The van der Waals surface area contributed by atoms with E-state index in [0.717, 1.165) is 95.4 Å². The van der Waals surface area contributed by atoms with E-state index in [0.29, 0.717) is 0 Å². The minimum absolute atomic E-state index is 0. The van der Waals surface area contributed by atoms with Crippen LogP contribution in [0.4, 0.5) is 0 Å². The number of hydrogen-bond donors (Lipinski definition) is 0. The number of para-hydroxylation sites is 2. The third-order valence-corrected chi connectivity index (χ3v) is 10.9. The van der Waals surface area contributed by atoms with Gasteiger partial charge in [-0.15, -0.1) is 144 Å². The zero-order valence-corrected chi connectivity index (χ0v) is 44.1. The van der Waals surface area contributed by atoms with Crippen LogP contribution >= 0.6 is 0 Å². The second kappa shape index (κ2) is 26.3. The number of benzene rings is 6. The summed E-state index contributed by atoms with van der Waals surface area (Å²) in [5, 5.41) is 2.34. The van der Waals surface area contributed by atoms with Gasteiger partial charge in [0, 0.05) is 75.6 Å². The summed E-state index contributed by atoms with van der Waals surface area (Å²) in [4.78, 5) is 31.4. The molecule has 0 aliphatic carbocycles. The first-order valence-electron chi connectivity index (χ1n) is 22.8. The molecule has 0 saturated heterocycles. The number of rotatable bonds is 6. The van der Waals surface area contributed by atoms with Crippen LogP contribution in [0.2, 0.25) is 0 Å². The fourth-order valence-corrected chi connectivity index (χ4v) is 7.51. The second-order valence-electron chi connectivity index (χ2n) is 15.9. The average molecular weight is 1280 g/mol. The van der Waals surface area contributed by atoms with E-state index in [1.54, 1.807) is 12.4 Å². The fraction of sp³-hybridized carbons (Fsp3) is 0.0317. The van der Waals surface area contributed by atoms with Crippen LogP contribution in [0.25, 0.3) is 89.4 Å². The number of aryl methyl sites for hydroxylation is 2. The molecule has 0 aliphatic rings. The van der Waals surface area contributed by atoms with E-state index >= 15 is 0 Å². The van der Waals surface area contributed by atoms with Gasteiger partial charge < -0.3 is 19.9 Å². The van der Waals surface area contributed by atoms with E-state index in [9.17, 15) is 0 Å². The van der Waals surface area contributed by atoms with Crippen molar-refractivity contribution in [2.24, 2.45) is 0 Å². The van der Waals surface area contributed by atoms with Crippen LogP contribution in [-0.4, -0.2) is 34.9 Å². The van der Waals surface area contributed by atoms with Crippen LogP contribution in [0.3, 0.4) is 0 Å². The third-order valence-electron chi connectivity index (χ3n) is 10.9. The normalized spacial score (nSPS) is 10.1. The molecule has 0 amide bonds. The van der Waals surface area contributed by atoms with Crippen molar-refractivity contribution in [1.82, 2.24) is 34.9 Å². The predicted octanol–water partition coefficient (Wildman–Crippen LogP) is 14.6. The maximum absolute atomic E-state index is 4.68. The SMILES string of the molecule is Cc1cccc(-c2[c-]cccc2)n1.Cc1cccc(-c2[c-]cccc2)n1.[Ir].[Ir].[c-]1ccccc1-c1cc(-c2cnc3ccccc3n2)ccn1.[c-]1ccccc1-c1cc(-c2nccc3ccccc23)ccn1. The van der Waals surface area contributed by atoms with Gasteiger partial charge in [-0.1, -0.05) is 72.8 Å². The van der Waals surface area contributed by atoms with Crippen molar-refractivity contribution < 1.29 is 40.2 Å². The summed E-state index contributed by atoms with van der Waals surface area (Å²) in [5.74, 6) is 0. The fourth-order valence-electron chi connectivity index (χ4n) is 7.51. The van der Waals surface area contributed by atoms with Crippen LogP contribution in [0.1, 0.15) is 11.4 Å². The molecule has 0 saturated carbocycles. The largest absolute Gasteiger partial charge is 0.305 e. The van der Waals surface area contributed by atoms with Gasteiger partial charge in [-0.2, -0.15) is 0 Å². The zero-order chi connectivity index (χ0) is 47.7. The molecule has 12 aromatic rings. The van der Waals surface area contributed by atoms with E-state index in [1.807, 2.05) is 220 Å². The van der Waals surface area contributed by atoms with Crippen molar-refractivity contribution in [2.45, 2.75) is 13.8 Å². The van der Waals surface area contributed by atoms with E-state index in [2.05, 4.69) is 77.4 Å².